The summed E-state index contributed by atoms with van der Waals surface area (Å²) in [5.74, 6) is 1.60. The maximum absolute atomic E-state index is 8.73. The molecular weight excluding hydrogens is 274 g/mol. The van der Waals surface area contributed by atoms with Gasteiger partial charge in [-0.1, -0.05) is 19.1 Å². The number of hydrogen-bond acceptors (Lipinski definition) is 4. The van der Waals surface area contributed by atoms with Crippen LogP contribution in [0.25, 0.3) is 6.08 Å². The van der Waals surface area contributed by atoms with Crippen molar-refractivity contribution in [3.63, 3.8) is 0 Å². The Hall–Kier alpha value is -2.30. The molecule has 4 nitrogen and oxygen atoms in total. The molecule has 1 aromatic rings. The van der Waals surface area contributed by atoms with E-state index in [1.165, 1.54) is 19.4 Å². The summed E-state index contributed by atoms with van der Waals surface area (Å²) < 4.78 is 5.76. The van der Waals surface area contributed by atoms with Crippen LogP contribution >= 0.6 is 0 Å². The minimum Gasteiger partial charge on any atom is -0.492 e. The van der Waals surface area contributed by atoms with Gasteiger partial charge < -0.3 is 4.74 Å². The highest BCUT2D eigenvalue weighted by Gasteiger charge is 2.15. The Bertz CT molecular complexity index is 576. The van der Waals surface area contributed by atoms with Crippen LogP contribution in [0, 0.1) is 28.6 Å². The van der Waals surface area contributed by atoms with Crippen LogP contribution in [-0.4, -0.2) is 31.1 Å². The van der Waals surface area contributed by atoms with Crippen molar-refractivity contribution < 1.29 is 4.74 Å². The van der Waals surface area contributed by atoms with Crippen molar-refractivity contribution in [2.24, 2.45) is 5.92 Å². The average molecular weight is 295 g/mol. The highest BCUT2D eigenvalue weighted by Crippen LogP contribution is 2.16. The molecule has 1 fully saturated rings. The molecule has 1 unspecified atom stereocenters. The maximum atomic E-state index is 8.73. The molecule has 0 amide bonds. The number of piperidine rings is 1. The molecule has 1 atom stereocenters. The number of nitriles is 2. The summed E-state index contributed by atoms with van der Waals surface area (Å²) in [4.78, 5) is 2.46. The third-order valence-electron chi connectivity index (χ3n) is 3.85. The fourth-order valence-corrected chi connectivity index (χ4v) is 2.70. The highest BCUT2D eigenvalue weighted by molar-refractivity contribution is 5.62. The lowest BCUT2D eigenvalue weighted by molar-refractivity contribution is 0.153. The maximum Gasteiger partial charge on any atom is 0.130 e. The molecule has 0 spiro atoms. The second kappa shape index (κ2) is 8.22. The summed E-state index contributed by atoms with van der Waals surface area (Å²) in [6.45, 7) is 6.28. The zero-order valence-corrected chi connectivity index (χ0v) is 13.0. The van der Waals surface area contributed by atoms with Gasteiger partial charge in [0.05, 0.1) is 0 Å². The monoisotopic (exact) mass is 295 g/mol. The quantitative estimate of drug-likeness (QED) is 0.782. The standard InChI is InChI=1S/C18H21N3O/c1-15-3-2-8-21(14-15)9-10-22-18-6-4-16(5-7-18)11-17(12-19)13-20/h4-7,11,15H,2-3,8-10,14H2,1H3. The molecule has 0 N–H and O–H groups in total. The molecule has 2 rings (SSSR count). The molecule has 0 bridgehead atoms. The summed E-state index contributed by atoms with van der Waals surface area (Å²) in [5.41, 5.74) is 0.934. The predicted octanol–water partition coefficient (Wildman–Crippen LogP) is 3.23. The van der Waals surface area contributed by atoms with Gasteiger partial charge >= 0.3 is 0 Å². The number of benzene rings is 1. The number of allylic oxidation sites excluding steroid dienone is 1. The number of nitrogens with zero attached hydrogens (tertiary/aromatic N) is 3. The fourth-order valence-electron chi connectivity index (χ4n) is 2.70. The molecule has 0 radical (unpaired) electrons. The molecule has 0 aliphatic carbocycles. The molecule has 22 heavy (non-hydrogen) atoms. The SMILES string of the molecule is CC1CCCN(CCOc2ccc(C=C(C#N)C#N)cc2)C1. The molecule has 1 aliphatic heterocycles. The van der Waals surface area contributed by atoms with Gasteiger partial charge in [-0.15, -0.1) is 0 Å². The summed E-state index contributed by atoms with van der Waals surface area (Å²) in [7, 11) is 0. The first-order chi connectivity index (χ1) is 10.7. The van der Waals surface area contributed by atoms with E-state index < -0.39 is 0 Å². The Morgan fingerprint density at radius 2 is 2.05 bits per heavy atom. The van der Waals surface area contributed by atoms with Gasteiger partial charge in [0, 0.05) is 13.1 Å². The van der Waals surface area contributed by atoms with E-state index in [-0.39, 0.29) is 5.57 Å². The molecule has 0 aromatic heterocycles. The summed E-state index contributed by atoms with van der Waals surface area (Å²) in [5, 5.41) is 17.5. The molecule has 1 saturated heterocycles. The number of hydrogen-bond donors (Lipinski definition) is 0. The largest absolute Gasteiger partial charge is 0.492 e. The van der Waals surface area contributed by atoms with Crippen LogP contribution in [0.15, 0.2) is 29.8 Å². The summed E-state index contributed by atoms with van der Waals surface area (Å²) in [6, 6.07) is 11.2. The van der Waals surface area contributed by atoms with Crippen molar-refractivity contribution in [3.8, 4) is 17.9 Å². The minimum absolute atomic E-state index is 0.105. The Morgan fingerprint density at radius 1 is 1.32 bits per heavy atom. The van der Waals surface area contributed by atoms with Crippen molar-refractivity contribution >= 4 is 6.08 Å². The first-order valence-corrected chi connectivity index (χ1v) is 7.68. The normalized spacial score (nSPS) is 18.0. The molecule has 1 heterocycles. The third kappa shape index (κ3) is 4.91. The lowest BCUT2D eigenvalue weighted by atomic mass is 10.0. The first-order valence-electron chi connectivity index (χ1n) is 7.68. The number of likely N-dealkylation sites (tertiary alicyclic amines) is 1. The molecule has 0 saturated carbocycles. The highest BCUT2D eigenvalue weighted by atomic mass is 16.5. The zero-order chi connectivity index (χ0) is 15.8. The smallest absolute Gasteiger partial charge is 0.130 e. The van der Waals surface area contributed by atoms with Crippen LogP contribution in [0.2, 0.25) is 0 Å². The Balaban J connectivity index is 1.81. The Labute approximate surface area is 132 Å². The fraction of sp³-hybridized carbons (Fsp3) is 0.444. The van der Waals surface area contributed by atoms with Gasteiger partial charge in [-0.2, -0.15) is 10.5 Å². The minimum atomic E-state index is 0.105. The van der Waals surface area contributed by atoms with E-state index in [9.17, 15) is 0 Å². The van der Waals surface area contributed by atoms with E-state index in [1.807, 2.05) is 36.4 Å². The molecule has 4 heteroatoms. The molecule has 1 aromatic carbocycles. The van der Waals surface area contributed by atoms with Crippen LogP contribution in [0.4, 0.5) is 0 Å². The van der Waals surface area contributed by atoms with E-state index in [4.69, 9.17) is 15.3 Å². The number of ether oxygens (including phenoxy) is 1. The van der Waals surface area contributed by atoms with Crippen LogP contribution < -0.4 is 4.74 Å². The average Bonchev–Trinajstić information content (AvgIpc) is 2.54. The van der Waals surface area contributed by atoms with Crippen LogP contribution in [0.3, 0.4) is 0 Å². The Kier molecular flexibility index (Phi) is 6.01. The van der Waals surface area contributed by atoms with E-state index in [0.717, 1.165) is 30.3 Å². The van der Waals surface area contributed by atoms with Crippen molar-refractivity contribution in [1.29, 1.82) is 10.5 Å². The number of rotatable bonds is 5. The van der Waals surface area contributed by atoms with Crippen LogP contribution in [-0.2, 0) is 0 Å². The van der Waals surface area contributed by atoms with Gasteiger partial charge in [0.25, 0.3) is 0 Å². The van der Waals surface area contributed by atoms with Crippen LogP contribution in [0.1, 0.15) is 25.3 Å². The second-order valence-electron chi connectivity index (χ2n) is 5.75. The van der Waals surface area contributed by atoms with Crippen molar-refractivity contribution in [2.75, 3.05) is 26.2 Å². The van der Waals surface area contributed by atoms with Gasteiger partial charge in [-0.05, 0) is 49.1 Å². The van der Waals surface area contributed by atoms with Crippen molar-refractivity contribution in [1.82, 2.24) is 4.90 Å². The lowest BCUT2D eigenvalue weighted by Crippen LogP contribution is -2.37. The van der Waals surface area contributed by atoms with Gasteiger partial charge in [0.1, 0.15) is 30.1 Å². The van der Waals surface area contributed by atoms with Crippen molar-refractivity contribution in [2.45, 2.75) is 19.8 Å². The van der Waals surface area contributed by atoms with Gasteiger partial charge in [0.2, 0.25) is 0 Å². The molecule has 1 aliphatic rings. The summed E-state index contributed by atoms with van der Waals surface area (Å²) in [6.07, 6.45) is 4.18. The molecular formula is C18H21N3O. The Morgan fingerprint density at radius 3 is 2.68 bits per heavy atom. The van der Waals surface area contributed by atoms with Gasteiger partial charge in [-0.3, -0.25) is 4.90 Å². The molecule has 114 valence electrons. The van der Waals surface area contributed by atoms with E-state index in [0.29, 0.717) is 6.61 Å². The topological polar surface area (TPSA) is 60.0 Å². The summed E-state index contributed by atoms with van der Waals surface area (Å²) >= 11 is 0. The predicted molar refractivity (Wildman–Crippen MR) is 86.0 cm³/mol. The van der Waals surface area contributed by atoms with Crippen molar-refractivity contribution in [3.05, 3.63) is 35.4 Å². The van der Waals surface area contributed by atoms with E-state index in [1.54, 1.807) is 6.08 Å². The first kappa shape index (κ1) is 16.1. The van der Waals surface area contributed by atoms with Gasteiger partial charge in [-0.25, -0.2) is 0 Å². The lowest BCUT2D eigenvalue weighted by Gasteiger charge is -2.30. The zero-order valence-electron chi connectivity index (χ0n) is 13.0. The van der Waals surface area contributed by atoms with Gasteiger partial charge in [0.15, 0.2) is 0 Å². The third-order valence-corrected chi connectivity index (χ3v) is 3.85. The van der Waals surface area contributed by atoms with E-state index in [2.05, 4.69) is 11.8 Å². The second-order valence-corrected chi connectivity index (χ2v) is 5.75. The van der Waals surface area contributed by atoms with E-state index >= 15 is 0 Å². The van der Waals surface area contributed by atoms with Crippen LogP contribution in [0.5, 0.6) is 5.75 Å².